The van der Waals surface area contributed by atoms with Crippen molar-refractivity contribution in [3.63, 3.8) is 0 Å². The number of carbonyl (C=O) groups excluding carboxylic acids is 4. The molecule has 0 radical (unpaired) electrons. The Kier molecular flexibility index (Phi) is 13.3. The number of ether oxygens (including phenoxy) is 3. The summed E-state index contributed by atoms with van der Waals surface area (Å²) in [6, 6.07) is 22.0. The normalized spacial score (nSPS) is 16.1. The van der Waals surface area contributed by atoms with Gasteiger partial charge in [0.05, 0.1) is 46.6 Å². The topological polar surface area (TPSA) is 182 Å². The summed E-state index contributed by atoms with van der Waals surface area (Å²) in [7, 11) is -3.14. The lowest BCUT2D eigenvalue weighted by molar-refractivity contribution is -0.140. The van der Waals surface area contributed by atoms with Gasteiger partial charge in [0.25, 0.3) is 15.9 Å². The molecule has 1 fully saturated rings. The number of hydrogen-bond acceptors (Lipinski definition) is 10. The zero-order valence-electron chi connectivity index (χ0n) is 36.1. The number of methoxy groups -OCH3 is 1. The SMILES string of the molecule is COc1ccc2c(O[C@@H]3C[C@@H](C(=O)Nc4ccccc4C(=O)NS(=O)(=O)c4ccc(C(F)(F)F)cc4)N(C(=O)[C@@H](NC(=O)OC(C)(C)C)C(C)(C)C)C3)cc(-c3ccccc3)nc2c1. The van der Waals surface area contributed by atoms with Crippen LogP contribution in [0.1, 0.15) is 63.9 Å². The van der Waals surface area contributed by atoms with Gasteiger partial charge in [-0.15, -0.1) is 0 Å². The molecule has 4 aromatic carbocycles. The number of alkyl halides is 3. The molecule has 4 amide bonds. The molecule has 14 nitrogen and oxygen atoms in total. The minimum Gasteiger partial charge on any atom is -0.497 e. The fraction of sp³-hybridized carbons (Fsp3) is 0.326. The van der Waals surface area contributed by atoms with E-state index in [-0.39, 0.29) is 24.2 Å². The van der Waals surface area contributed by atoms with Gasteiger partial charge in [0.2, 0.25) is 11.8 Å². The van der Waals surface area contributed by atoms with Crippen molar-refractivity contribution in [3.05, 3.63) is 114 Å². The van der Waals surface area contributed by atoms with Crippen molar-refractivity contribution in [2.45, 2.75) is 82.8 Å². The molecular weight excluding hydrogens is 856 g/mol. The van der Waals surface area contributed by atoms with Crippen LogP contribution in [0.2, 0.25) is 0 Å². The predicted octanol–water partition coefficient (Wildman–Crippen LogP) is 7.97. The minimum absolute atomic E-state index is 0.0713. The molecule has 1 aliphatic heterocycles. The average molecular weight is 904 g/mol. The summed E-state index contributed by atoms with van der Waals surface area (Å²) in [5.74, 6) is -1.64. The Morgan fingerprint density at radius 1 is 0.844 bits per heavy atom. The Balaban J connectivity index is 1.33. The third-order valence-corrected chi connectivity index (χ3v) is 11.5. The van der Waals surface area contributed by atoms with Gasteiger partial charge in [0, 0.05) is 29.5 Å². The number of likely N-dealkylation sites (tertiary alicyclic amines) is 1. The predicted molar refractivity (Wildman–Crippen MR) is 232 cm³/mol. The van der Waals surface area contributed by atoms with Gasteiger partial charge in [-0.3, -0.25) is 14.4 Å². The quantitative estimate of drug-likeness (QED) is 0.118. The number of rotatable bonds is 11. The van der Waals surface area contributed by atoms with Gasteiger partial charge in [-0.25, -0.2) is 22.9 Å². The van der Waals surface area contributed by atoms with E-state index in [1.165, 1.54) is 36.3 Å². The number of para-hydroxylation sites is 1. The van der Waals surface area contributed by atoms with E-state index in [1.807, 2.05) is 35.1 Å². The molecule has 0 unspecified atom stereocenters. The number of nitrogens with one attached hydrogen (secondary N) is 3. The van der Waals surface area contributed by atoms with Crippen LogP contribution in [0.3, 0.4) is 0 Å². The fourth-order valence-electron chi connectivity index (χ4n) is 7.02. The van der Waals surface area contributed by atoms with Crippen molar-refractivity contribution in [1.82, 2.24) is 19.9 Å². The van der Waals surface area contributed by atoms with Gasteiger partial charge in [0.1, 0.15) is 35.3 Å². The fourth-order valence-corrected chi connectivity index (χ4v) is 7.98. The van der Waals surface area contributed by atoms with E-state index in [0.29, 0.717) is 52.4 Å². The number of fused-ring (bicyclic) bond motifs is 1. The Morgan fingerprint density at radius 2 is 1.50 bits per heavy atom. The maximum Gasteiger partial charge on any atom is 0.416 e. The third kappa shape index (κ3) is 11.1. The minimum atomic E-state index is -4.72. The van der Waals surface area contributed by atoms with Crippen LogP contribution in [-0.4, -0.2) is 79.6 Å². The summed E-state index contributed by atoms with van der Waals surface area (Å²) >= 11 is 0. The third-order valence-electron chi connectivity index (χ3n) is 10.1. The van der Waals surface area contributed by atoms with Crippen molar-refractivity contribution in [1.29, 1.82) is 0 Å². The Labute approximate surface area is 368 Å². The van der Waals surface area contributed by atoms with E-state index in [4.69, 9.17) is 19.2 Å². The summed E-state index contributed by atoms with van der Waals surface area (Å²) in [5, 5.41) is 5.98. The van der Waals surface area contributed by atoms with Gasteiger partial charge >= 0.3 is 12.3 Å². The van der Waals surface area contributed by atoms with E-state index in [1.54, 1.807) is 65.8 Å². The lowest BCUT2D eigenvalue weighted by Gasteiger charge is -2.35. The first-order valence-corrected chi connectivity index (χ1v) is 21.6. The number of benzene rings is 4. The number of aromatic nitrogens is 1. The lowest BCUT2D eigenvalue weighted by Crippen LogP contribution is -2.57. The van der Waals surface area contributed by atoms with E-state index in [9.17, 15) is 40.8 Å². The van der Waals surface area contributed by atoms with Crippen molar-refractivity contribution in [2.24, 2.45) is 5.41 Å². The summed E-state index contributed by atoms with van der Waals surface area (Å²) in [6.45, 7) is 10.1. The number of nitrogens with zero attached hydrogens (tertiary/aromatic N) is 2. The van der Waals surface area contributed by atoms with Gasteiger partial charge in [0.15, 0.2) is 0 Å². The molecule has 1 saturated heterocycles. The number of carbonyl (C=O) groups is 4. The molecule has 1 aromatic heterocycles. The molecule has 3 N–H and O–H groups in total. The summed E-state index contributed by atoms with van der Waals surface area (Å²) in [5.41, 5.74) is -1.37. The molecule has 18 heteroatoms. The van der Waals surface area contributed by atoms with E-state index in [2.05, 4.69) is 10.6 Å². The number of pyridine rings is 1. The number of sulfonamides is 1. The highest BCUT2D eigenvalue weighted by Crippen LogP contribution is 2.36. The van der Waals surface area contributed by atoms with Crippen LogP contribution < -0.4 is 24.8 Å². The summed E-state index contributed by atoms with van der Waals surface area (Å²) < 4.78 is 85.1. The Bertz CT molecular complexity index is 2670. The number of alkyl carbamates (subject to hydrolysis) is 1. The molecular formula is C46H48F3N5O9S. The van der Waals surface area contributed by atoms with Crippen LogP contribution in [0.4, 0.5) is 23.7 Å². The van der Waals surface area contributed by atoms with Crippen molar-refractivity contribution < 1.29 is 55.0 Å². The number of anilines is 1. The monoisotopic (exact) mass is 903 g/mol. The summed E-state index contributed by atoms with van der Waals surface area (Å²) in [4.78, 5) is 61.4. The molecule has 64 heavy (non-hydrogen) atoms. The molecule has 338 valence electrons. The zero-order valence-corrected chi connectivity index (χ0v) is 36.9. The molecule has 6 rings (SSSR count). The highest BCUT2D eigenvalue weighted by molar-refractivity contribution is 7.90. The average Bonchev–Trinajstić information content (AvgIpc) is 3.65. The second-order valence-corrected chi connectivity index (χ2v) is 18.9. The Hall–Kier alpha value is -6.69. The molecule has 0 aliphatic carbocycles. The van der Waals surface area contributed by atoms with Gasteiger partial charge in [-0.2, -0.15) is 13.2 Å². The number of hydrogen-bond donors (Lipinski definition) is 3. The van der Waals surface area contributed by atoms with Crippen LogP contribution in [0, 0.1) is 5.41 Å². The first-order valence-electron chi connectivity index (χ1n) is 20.1. The van der Waals surface area contributed by atoms with Crippen LogP contribution >= 0.6 is 0 Å². The van der Waals surface area contributed by atoms with Crippen LogP contribution in [0.5, 0.6) is 11.5 Å². The first kappa shape index (κ1) is 46.8. The van der Waals surface area contributed by atoms with Crippen LogP contribution in [-0.2, 0) is 30.5 Å². The lowest BCUT2D eigenvalue weighted by atomic mass is 9.85. The van der Waals surface area contributed by atoms with Gasteiger partial charge in [-0.1, -0.05) is 63.2 Å². The second kappa shape index (κ2) is 18.2. The van der Waals surface area contributed by atoms with Gasteiger partial charge < -0.3 is 29.7 Å². The van der Waals surface area contributed by atoms with E-state index in [0.717, 1.165) is 5.56 Å². The van der Waals surface area contributed by atoms with E-state index >= 15 is 0 Å². The van der Waals surface area contributed by atoms with Crippen LogP contribution in [0.15, 0.2) is 108 Å². The zero-order chi connectivity index (χ0) is 46.8. The van der Waals surface area contributed by atoms with Crippen molar-refractivity contribution in [3.8, 4) is 22.8 Å². The Morgan fingerprint density at radius 3 is 2.12 bits per heavy atom. The van der Waals surface area contributed by atoms with E-state index < -0.39 is 79.7 Å². The first-order chi connectivity index (χ1) is 29.9. The number of halogens is 3. The summed E-state index contributed by atoms with van der Waals surface area (Å²) in [6.07, 6.45) is -6.46. The number of amides is 4. The molecule has 0 saturated carbocycles. The standard InChI is InChI=1S/C46H48F3N5O9S/c1-44(2,3)39(52-43(58)63-45(4,5)6)42(57)54-26-30(62-38-25-35(27-13-9-8-10-14-27)50-36-23-29(61-7)19-22-32(36)38)24-37(54)41(56)51-34-16-12-11-15-33(34)40(55)53-64(59,60)31-20-17-28(18-21-31)46(47,48)49/h8-23,25,30,37,39H,24,26H2,1-7H3,(H,51,56)(H,52,58)(H,53,55)/t30-,37+,39-/m1/s1. The highest BCUT2D eigenvalue weighted by Gasteiger charge is 2.46. The van der Waals surface area contributed by atoms with Crippen molar-refractivity contribution >= 4 is 50.4 Å². The smallest absolute Gasteiger partial charge is 0.416 e. The molecule has 1 aliphatic rings. The van der Waals surface area contributed by atoms with Crippen LogP contribution in [0.25, 0.3) is 22.2 Å². The molecule has 0 spiro atoms. The molecule has 2 heterocycles. The largest absolute Gasteiger partial charge is 0.497 e. The van der Waals surface area contributed by atoms with Crippen molar-refractivity contribution in [2.75, 3.05) is 19.0 Å². The molecule has 0 bridgehead atoms. The molecule has 5 aromatic rings. The molecule has 3 atom stereocenters. The maximum absolute atomic E-state index is 14.7. The van der Waals surface area contributed by atoms with Gasteiger partial charge in [-0.05, 0) is 74.7 Å². The highest BCUT2D eigenvalue weighted by atomic mass is 32.2. The second-order valence-electron chi connectivity index (χ2n) is 17.2. The maximum atomic E-state index is 14.7.